The molecule has 4 nitrogen and oxygen atoms in total. The van der Waals surface area contributed by atoms with Gasteiger partial charge in [0, 0.05) is 39.3 Å². The molecule has 0 saturated carbocycles. The van der Waals surface area contributed by atoms with Crippen LogP contribution in [0.5, 0.6) is 0 Å². The molecule has 12 aromatic rings. The molecule has 4 heteroatoms. The van der Waals surface area contributed by atoms with Crippen LogP contribution in [0.25, 0.3) is 94.2 Å². The van der Waals surface area contributed by atoms with Crippen molar-refractivity contribution < 1.29 is 8.83 Å². The average molecular weight is 769 g/mol. The van der Waals surface area contributed by atoms with E-state index >= 15 is 0 Å². The van der Waals surface area contributed by atoms with Crippen LogP contribution in [0.2, 0.25) is 0 Å². The fraction of sp³-hybridized carbons (Fsp3) is 0. The van der Waals surface area contributed by atoms with Crippen LogP contribution in [-0.2, 0) is 0 Å². The monoisotopic (exact) mass is 768 g/mol. The van der Waals surface area contributed by atoms with Gasteiger partial charge in [0.1, 0.15) is 11.2 Å². The lowest BCUT2D eigenvalue weighted by Gasteiger charge is -2.26. The fourth-order valence-corrected chi connectivity index (χ4v) is 9.00. The summed E-state index contributed by atoms with van der Waals surface area (Å²) in [6, 6.07) is 77.3. The molecule has 0 radical (unpaired) electrons. The van der Waals surface area contributed by atoms with E-state index in [0.29, 0.717) is 0 Å². The highest BCUT2D eigenvalue weighted by Gasteiger charge is 2.21. The van der Waals surface area contributed by atoms with Gasteiger partial charge in [0.25, 0.3) is 0 Å². The van der Waals surface area contributed by atoms with Crippen LogP contribution in [0.1, 0.15) is 0 Å². The molecule has 3 aromatic heterocycles. The molecule has 12 rings (SSSR count). The Morgan fingerprint density at radius 3 is 1.60 bits per heavy atom. The third kappa shape index (κ3) is 5.53. The maximum atomic E-state index is 6.63. The molecule has 0 atom stereocenters. The van der Waals surface area contributed by atoms with Crippen molar-refractivity contribution in [2.24, 2.45) is 0 Å². The molecule has 0 unspecified atom stereocenters. The minimum atomic E-state index is 0.857. The van der Waals surface area contributed by atoms with Crippen molar-refractivity contribution in [3.8, 4) is 44.5 Å². The Labute approximate surface area is 346 Å². The molecule has 0 amide bonds. The molecule has 0 saturated heterocycles. The summed E-state index contributed by atoms with van der Waals surface area (Å²) in [4.78, 5) is 2.31. The maximum absolute atomic E-state index is 6.63. The van der Waals surface area contributed by atoms with Crippen LogP contribution in [-0.4, -0.2) is 4.40 Å². The minimum absolute atomic E-state index is 0.857. The fourth-order valence-electron chi connectivity index (χ4n) is 9.00. The summed E-state index contributed by atoms with van der Waals surface area (Å²) < 4.78 is 15.3. The number of rotatable bonds is 7. The van der Waals surface area contributed by atoms with Gasteiger partial charge in [0.2, 0.25) is 5.71 Å². The van der Waals surface area contributed by atoms with Crippen LogP contribution in [0.15, 0.2) is 227 Å². The van der Waals surface area contributed by atoms with Crippen LogP contribution < -0.4 is 4.90 Å². The standard InChI is InChI=1S/C56H36N2O2/c1-3-13-38(14-4-1)45-17-7-8-18-46(45)39-25-30-43(31-26-39)57(44-32-33-48-47-19-10-12-22-52(47)59-54(48)36-44)42-28-23-37(24-29-42)41-27-34-53-51(35-41)58-50-21-11-9-20-49(50)55(56(58)60-53)40-15-5-2-6-16-40/h1-36H. The summed E-state index contributed by atoms with van der Waals surface area (Å²) in [7, 11) is 0. The van der Waals surface area contributed by atoms with Crippen molar-refractivity contribution in [2.75, 3.05) is 4.90 Å². The van der Waals surface area contributed by atoms with Gasteiger partial charge in [-0.3, -0.25) is 4.40 Å². The SMILES string of the molecule is c1ccc(-c2ccccc2-c2ccc(N(c3ccc(-c4ccc5oc6c(-c7ccccc7)c7ccccc7n6c5c4)cc3)c3ccc4c(c3)oc3ccccc34)cc2)cc1. The highest BCUT2D eigenvalue weighted by molar-refractivity contribution is 6.08. The quantitative estimate of drug-likeness (QED) is 0.162. The number of hydrogen-bond donors (Lipinski definition) is 0. The van der Waals surface area contributed by atoms with Gasteiger partial charge in [-0.15, -0.1) is 0 Å². The largest absolute Gasteiger partial charge is 0.456 e. The van der Waals surface area contributed by atoms with E-state index in [4.69, 9.17) is 8.83 Å². The highest BCUT2D eigenvalue weighted by atomic mass is 16.3. The predicted molar refractivity (Wildman–Crippen MR) is 248 cm³/mol. The molecule has 0 N–H and O–H groups in total. The molecule has 0 fully saturated rings. The van der Waals surface area contributed by atoms with Crippen LogP contribution in [0.4, 0.5) is 17.1 Å². The number of aromatic nitrogens is 1. The first-order valence-electron chi connectivity index (χ1n) is 20.3. The molecule has 0 bridgehead atoms. The number of para-hydroxylation sites is 2. The summed E-state index contributed by atoms with van der Waals surface area (Å²) in [6.07, 6.45) is 0. The second-order valence-electron chi connectivity index (χ2n) is 15.3. The van der Waals surface area contributed by atoms with Crippen LogP contribution >= 0.6 is 0 Å². The summed E-state index contributed by atoms with van der Waals surface area (Å²) in [5.41, 5.74) is 18.0. The second kappa shape index (κ2) is 13.8. The van der Waals surface area contributed by atoms with Gasteiger partial charge in [-0.1, -0.05) is 152 Å². The lowest BCUT2D eigenvalue weighted by molar-refractivity contribution is 0.658. The van der Waals surface area contributed by atoms with Gasteiger partial charge in [0.15, 0.2) is 5.58 Å². The summed E-state index contributed by atoms with van der Waals surface area (Å²) in [5.74, 6) is 0. The summed E-state index contributed by atoms with van der Waals surface area (Å²) >= 11 is 0. The second-order valence-corrected chi connectivity index (χ2v) is 15.3. The molecule has 0 aliphatic carbocycles. The Hall–Kier alpha value is -8.08. The number of anilines is 3. The first kappa shape index (κ1) is 34.0. The lowest BCUT2D eigenvalue weighted by Crippen LogP contribution is -2.09. The van der Waals surface area contributed by atoms with Crippen LogP contribution in [0, 0.1) is 0 Å². The zero-order valence-electron chi connectivity index (χ0n) is 32.5. The van der Waals surface area contributed by atoms with E-state index in [9.17, 15) is 0 Å². The van der Waals surface area contributed by atoms with E-state index in [1.54, 1.807) is 0 Å². The zero-order valence-corrected chi connectivity index (χ0v) is 32.5. The van der Waals surface area contributed by atoms with Crippen molar-refractivity contribution in [3.63, 3.8) is 0 Å². The molecule has 9 aromatic carbocycles. The zero-order chi connectivity index (χ0) is 39.6. The molecule has 0 aliphatic heterocycles. The van der Waals surface area contributed by atoms with E-state index in [1.807, 2.05) is 12.1 Å². The maximum Gasteiger partial charge on any atom is 0.213 e. The molecule has 60 heavy (non-hydrogen) atoms. The number of fused-ring (bicyclic) bond motifs is 8. The minimum Gasteiger partial charge on any atom is -0.456 e. The highest BCUT2D eigenvalue weighted by Crippen LogP contribution is 2.43. The normalized spacial score (nSPS) is 11.7. The molecule has 0 spiro atoms. The first-order chi connectivity index (χ1) is 29.7. The molecule has 0 aliphatic rings. The van der Waals surface area contributed by atoms with Gasteiger partial charge in [-0.2, -0.15) is 0 Å². The van der Waals surface area contributed by atoms with Crippen molar-refractivity contribution in [1.82, 2.24) is 4.40 Å². The van der Waals surface area contributed by atoms with E-state index < -0.39 is 0 Å². The number of nitrogens with zero attached hydrogens (tertiary/aromatic N) is 2. The molecule has 282 valence electrons. The molecular formula is C56H36N2O2. The smallest absolute Gasteiger partial charge is 0.213 e. The Morgan fingerprint density at radius 2 is 0.867 bits per heavy atom. The molecule has 3 heterocycles. The average Bonchev–Trinajstić information content (AvgIpc) is 3.98. The number of oxazole rings is 1. The Bertz CT molecular complexity index is 3520. The van der Waals surface area contributed by atoms with Gasteiger partial charge in [-0.05, 0) is 99.6 Å². The van der Waals surface area contributed by atoms with Crippen molar-refractivity contribution >= 4 is 66.7 Å². The van der Waals surface area contributed by atoms with Crippen molar-refractivity contribution in [3.05, 3.63) is 218 Å². The number of furan rings is 1. The number of benzene rings is 9. The van der Waals surface area contributed by atoms with Gasteiger partial charge < -0.3 is 13.7 Å². The van der Waals surface area contributed by atoms with E-state index in [-0.39, 0.29) is 0 Å². The van der Waals surface area contributed by atoms with Crippen molar-refractivity contribution in [1.29, 1.82) is 0 Å². The topological polar surface area (TPSA) is 33.9 Å². The Morgan fingerprint density at radius 1 is 0.317 bits per heavy atom. The van der Waals surface area contributed by atoms with Crippen molar-refractivity contribution in [2.45, 2.75) is 0 Å². The predicted octanol–water partition coefficient (Wildman–Crippen LogP) is 15.9. The lowest BCUT2D eigenvalue weighted by atomic mass is 9.94. The first-order valence-corrected chi connectivity index (χ1v) is 20.3. The van der Waals surface area contributed by atoms with Gasteiger partial charge >= 0.3 is 0 Å². The van der Waals surface area contributed by atoms with E-state index in [2.05, 4.69) is 216 Å². The van der Waals surface area contributed by atoms with Gasteiger partial charge in [0.05, 0.1) is 16.6 Å². The third-order valence-corrected chi connectivity index (χ3v) is 11.8. The molecular weight excluding hydrogens is 733 g/mol. The van der Waals surface area contributed by atoms with Crippen LogP contribution in [0.3, 0.4) is 0 Å². The third-order valence-electron chi connectivity index (χ3n) is 11.8. The Kier molecular flexibility index (Phi) is 7.82. The summed E-state index contributed by atoms with van der Waals surface area (Å²) in [6.45, 7) is 0. The van der Waals surface area contributed by atoms with Gasteiger partial charge in [-0.25, -0.2) is 0 Å². The Balaban J connectivity index is 0.957. The van der Waals surface area contributed by atoms with E-state index in [0.717, 1.165) is 89.1 Å². The summed E-state index contributed by atoms with van der Waals surface area (Å²) in [5, 5.41) is 3.40. The van der Waals surface area contributed by atoms with E-state index in [1.165, 1.54) is 22.1 Å². The number of hydrogen-bond acceptors (Lipinski definition) is 3.